The third-order valence-corrected chi connectivity index (χ3v) is 3.60. The first-order valence-corrected chi connectivity index (χ1v) is 7.21. The zero-order valence-electron chi connectivity index (χ0n) is 12.2. The average Bonchev–Trinajstić information content (AvgIpc) is 2.89. The Balaban J connectivity index is 2.12. The van der Waals surface area contributed by atoms with Crippen LogP contribution in [0.4, 0.5) is 0 Å². The molecule has 2 unspecified atom stereocenters. The maximum Gasteiger partial charge on any atom is 0.124 e. The molecule has 1 heterocycles. The number of hydrogen-bond donors (Lipinski definition) is 1. The fourth-order valence-electron chi connectivity index (χ4n) is 2.63. The highest BCUT2D eigenvalue weighted by Gasteiger charge is 2.23. The molecule has 0 amide bonds. The molecular formula is C16H25NO2. The summed E-state index contributed by atoms with van der Waals surface area (Å²) in [5.41, 5.74) is 1.26. The second kappa shape index (κ2) is 6.92. The molecule has 2 rings (SSSR count). The van der Waals surface area contributed by atoms with Crippen LogP contribution in [0, 0.1) is 5.92 Å². The number of rotatable bonds is 6. The molecule has 0 radical (unpaired) electrons. The molecule has 0 aromatic heterocycles. The Labute approximate surface area is 116 Å². The molecule has 0 saturated carbocycles. The zero-order chi connectivity index (χ0) is 13.7. The van der Waals surface area contributed by atoms with Crippen LogP contribution >= 0.6 is 0 Å². The number of ether oxygens (including phenoxy) is 2. The summed E-state index contributed by atoms with van der Waals surface area (Å²) in [5.74, 6) is 1.65. The van der Waals surface area contributed by atoms with Crippen molar-refractivity contribution in [2.24, 2.45) is 5.92 Å². The Kier molecular flexibility index (Phi) is 5.23. The largest absolute Gasteiger partial charge is 0.491 e. The van der Waals surface area contributed by atoms with Gasteiger partial charge in [0.05, 0.1) is 6.10 Å². The van der Waals surface area contributed by atoms with Gasteiger partial charge in [0.1, 0.15) is 5.75 Å². The van der Waals surface area contributed by atoms with E-state index in [0.29, 0.717) is 12.0 Å². The lowest BCUT2D eigenvalue weighted by atomic mass is 9.93. The highest BCUT2D eigenvalue weighted by molar-refractivity contribution is 5.36. The maximum absolute atomic E-state index is 5.92. The first-order chi connectivity index (χ1) is 9.20. The Morgan fingerprint density at radius 3 is 2.79 bits per heavy atom. The van der Waals surface area contributed by atoms with Crippen molar-refractivity contribution in [1.82, 2.24) is 5.32 Å². The summed E-state index contributed by atoms with van der Waals surface area (Å²) in [6.07, 6.45) is 2.48. The van der Waals surface area contributed by atoms with Crippen molar-refractivity contribution >= 4 is 0 Å². The molecule has 1 aliphatic heterocycles. The summed E-state index contributed by atoms with van der Waals surface area (Å²) < 4.78 is 11.4. The average molecular weight is 263 g/mol. The quantitative estimate of drug-likeness (QED) is 0.855. The molecule has 3 nitrogen and oxygen atoms in total. The lowest BCUT2D eigenvalue weighted by Crippen LogP contribution is -2.21. The van der Waals surface area contributed by atoms with E-state index in [1.165, 1.54) is 12.0 Å². The first kappa shape index (κ1) is 14.4. The van der Waals surface area contributed by atoms with Gasteiger partial charge in [-0.25, -0.2) is 0 Å². The zero-order valence-corrected chi connectivity index (χ0v) is 12.2. The molecule has 3 heteroatoms. The van der Waals surface area contributed by atoms with Crippen LogP contribution in [0.5, 0.6) is 5.75 Å². The smallest absolute Gasteiger partial charge is 0.124 e. The fraction of sp³-hybridized carbons (Fsp3) is 0.625. The topological polar surface area (TPSA) is 30.5 Å². The maximum atomic E-state index is 5.92. The van der Waals surface area contributed by atoms with Crippen molar-refractivity contribution in [1.29, 1.82) is 0 Å². The van der Waals surface area contributed by atoms with Crippen LogP contribution in [0.1, 0.15) is 38.3 Å². The molecule has 2 atom stereocenters. The molecule has 19 heavy (non-hydrogen) atoms. The van der Waals surface area contributed by atoms with Crippen LogP contribution in [0.25, 0.3) is 0 Å². The highest BCUT2D eigenvalue weighted by atomic mass is 16.5. The van der Waals surface area contributed by atoms with Gasteiger partial charge in [0.25, 0.3) is 0 Å². The number of para-hydroxylation sites is 1. The molecule has 0 aliphatic carbocycles. The predicted octanol–water partition coefficient (Wildman–Crippen LogP) is 3.16. The van der Waals surface area contributed by atoms with Crippen LogP contribution in [0.2, 0.25) is 0 Å². The Morgan fingerprint density at radius 2 is 2.16 bits per heavy atom. The van der Waals surface area contributed by atoms with E-state index in [4.69, 9.17) is 9.47 Å². The lowest BCUT2D eigenvalue weighted by molar-refractivity contribution is 0.181. The van der Waals surface area contributed by atoms with Crippen LogP contribution in [0.3, 0.4) is 0 Å². The van der Waals surface area contributed by atoms with E-state index >= 15 is 0 Å². The van der Waals surface area contributed by atoms with Crippen molar-refractivity contribution in [2.45, 2.75) is 38.8 Å². The SMILES string of the molecule is CNC(CC1CCOC1)c1ccccc1OC(C)C. The minimum atomic E-state index is 0.202. The van der Waals surface area contributed by atoms with Gasteiger partial charge in [-0.3, -0.25) is 0 Å². The van der Waals surface area contributed by atoms with Gasteiger partial charge >= 0.3 is 0 Å². The van der Waals surface area contributed by atoms with Crippen LogP contribution in [-0.4, -0.2) is 26.4 Å². The fourth-order valence-corrected chi connectivity index (χ4v) is 2.63. The van der Waals surface area contributed by atoms with Gasteiger partial charge in [0.15, 0.2) is 0 Å². The minimum absolute atomic E-state index is 0.202. The van der Waals surface area contributed by atoms with Gasteiger partial charge in [0.2, 0.25) is 0 Å². The van der Waals surface area contributed by atoms with Crippen molar-refractivity contribution in [3.8, 4) is 5.75 Å². The van der Waals surface area contributed by atoms with Crippen molar-refractivity contribution in [3.05, 3.63) is 29.8 Å². The van der Waals surface area contributed by atoms with Crippen LogP contribution < -0.4 is 10.1 Å². The van der Waals surface area contributed by atoms with Gasteiger partial charge < -0.3 is 14.8 Å². The minimum Gasteiger partial charge on any atom is -0.491 e. The summed E-state index contributed by atoms with van der Waals surface area (Å²) in [5, 5.41) is 3.42. The van der Waals surface area contributed by atoms with Gasteiger partial charge in [-0.1, -0.05) is 18.2 Å². The lowest BCUT2D eigenvalue weighted by Gasteiger charge is -2.23. The number of hydrogen-bond acceptors (Lipinski definition) is 3. The number of benzene rings is 1. The molecular weight excluding hydrogens is 238 g/mol. The van der Waals surface area contributed by atoms with Crippen molar-refractivity contribution in [3.63, 3.8) is 0 Å². The summed E-state index contributed by atoms with van der Waals surface area (Å²) >= 11 is 0. The second-order valence-corrected chi connectivity index (χ2v) is 5.51. The highest BCUT2D eigenvalue weighted by Crippen LogP contribution is 2.32. The molecule has 1 N–H and O–H groups in total. The van der Waals surface area contributed by atoms with Crippen LogP contribution in [0.15, 0.2) is 24.3 Å². The molecule has 1 fully saturated rings. The molecule has 1 saturated heterocycles. The molecule has 106 valence electrons. The van der Waals surface area contributed by atoms with Gasteiger partial charge in [-0.05, 0) is 45.7 Å². The van der Waals surface area contributed by atoms with Crippen molar-refractivity contribution in [2.75, 3.05) is 20.3 Å². The Bertz CT molecular complexity index is 386. The number of nitrogens with one attached hydrogen (secondary N) is 1. The standard InChI is InChI=1S/C16H25NO2/c1-12(2)19-16-7-5-4-6-14(16)15(17-3)10-13-8-9-18-11-13/h4-7,12-13,15,17H,8-11H2,1-3H3. The third-order valence-electron chi connectivity index (χ3n) is 3.60. The predicted molar refractivity (Wildman–Crippen MR) is 77.5 cm³/mol. The summed E-state index contributed by atoms with van der Waals surface area (Å²) in [6, 6.07) is 8.67. The summed E-state index contributed by atoms with van der Waals surface area (Å²) in [6.45, 7) is 5.93. The Hall–Kier alpha value is -1.06. The third kappa shape index (κ3) is 3.95. The second-order valence-electron chi connectivity index (χ2n) is 5.51. The molecule has 1 aromatic carbocycles. The van der Waals surface area contributed by atoms with E-state index < -0.39 is 0 Å². The van der Waals surface area contributed by atoms with Gasteiger partial charge in [-0.2, -0.15) is 0 Å². The molecule has 1 aromatic rings. The summed E-state index contributed by atoms with van der Waals surface area (Å²) in [4.78, 5) is 0. The van der Waals surface area contributed by atoms with E-state index in [1.54, 1.807) is 0 Å². The van der Waals surface area contributed by atoms with E-state index in [2.05, 4.69) is 37.4 Å². The van der Waals surface area contributed by atoms with Gasteiger partial charge in [-0.15, -0.1) is 0 Å². The van der Waals surface area contributed by atoms with Crippen molar-refractivity contribution < 1.29 is 9.47 Å². The Morgan fingerprint density at radius 1 is 1.37 bits per heavy atom. The molecule has 1 aliphatic rings. The van der Waals surface area contributed by atoms with E-state index in [0.717, 1.165) is 25.4 Å². The summed E-state index contributed by atoms with van der Waals surface area (Å²) in [7, 11) is 2.02. The van der Waals surface area contributed by atoms with E-state index in [-0.39, 0.29) is 6.10 Å². The van der Waals surface area contributed by atoms with E-state index in [9.17, 15) is 0 Å². The van der Waals surface area contributed by atoms with E-state index in [1.807, 2.05) is 13.1 Å². The van der Waals surface area contributed by atoms with Crippen LogP contribution in [-0.2, 0) is 4.74 Å². The monoisotopic (exact) mass is 263 g/mol. The normalized spacial score (nSPS) is 20.7. The molecule has 0 bridgehead atoms. The first-order valence-electron chi connectivity index (χ1n) is 7.21. The van der Waals surface area contributed by atoms with Gasteiger partial charge in [0, 0.05) is 24.8 Å². The molecule has 0 spiro atoms.